The molecule has 0 radical (unpaired) electrons. The quantitative estimate of drug-likeness (QED) is 0.610. The lowest BCUT2D eigenvalue weighted by Crippen LogP contribution is -2.22. The van der Waals surface area contributed by atoms with Crippen molar-refractivity contribution in [2.24, 2.45) is 10.7 Å². The molecule has 0 saturated heterocycles. The van der Waals surface area contributed by atoms with Gasteiger partial charge < -0.3 is 11.1 Å². The zero-order chi connectivity index (χ0) is 12.1. The van der Waals surface area contributed by atoms with Gasteiger partial charge in [-0.05, 0) is 30.7 Å². The number of hydrogen-bond donors (Lipinski definition) is 2. The van der Waals surface area contributed by atoms with Gasteiger partial charge in [-0.3, -0.25) is 0 Å². The van der Waals surface area contributed by atoms with Gasteiger partial charge in [0.1, 0.15) is 0 Å². The number of guanidine groups is 1. The van der Waals surface area contributed by atoms with E-state index >= 15 is 0 Å². The Labute approximate surface area is 100 Å². The van der Waals surface area contributed by atoms with Gasteiger partial charge in [0.15, 0.2) is 11.8 Å². The van der Waals surface area contributed by atoms with Gasteiger partial charge in [-0.15, -0.1) is 0 Å². The topological polar surface area (TPSA) is 63.3 Å². The second-order valence-corrected chi connectivity index (χ2v) is 3.63. The molecule has 4 nitrogen and oxygen atoms in total. The summed E-state index contributed by atoms with van der Waals surface area (Å²) in [6.45, 7) is 1.95. The summed E-state index contributed by atoms with van der Waals surface area (Å²) in [5.74, 6) is 0.964. The van der Waals surface area contributed by atoms with Crippen LogP contribution in [0.3, 0.4) is 0 Å². The minimum absolute atomic E-state index is 0.331. The van der Waals surface area contributed by atoms with Crippen molar-refractivity contribution in [3.8, 4) is 0 Å². The molecule has 0 aliphatic carbocycles. The lowest BCUT2D eigenvalue weighted by atomic mass is 10.3. The number of aliphatic imine (C=N–C) groups is 1. The third kappa shape index (κ3) is 3.04. The number of para-hydroxylation sites is 1. The first-order valence-electron chi connectivity index (χ1n) is 5.33. The number of pyridine rings is 1. The lowest BCUT2D eigenvalue weighted by Gasteiger charge is -2.05. The van der Waals surface area contributed by atoms with Crippen molar-refractivity contribution in [1.29, 1.82) is 0 Å². The highest BCUT2D eigenvalue weighted by atomic mass is 15.1. The van der Waals surface area contributed by atoms with E-state index < -0.39 is 0 Å². The van der Waals surface area contributed by atoms with Crippen molar-refractivity contribution in [2.45, 2.75) is 6.92 Å². The number of rotatable bonds is 2. The van der Waals surface area contributed by atoms with Crippen molar-refractivity contribution in [1.82, 2.24) is 4.98 Å². The van der Waals surface area contributed by atoms with Crippen LogP contribution in [0.4, 0.5) is 11.5 Å². The molecular formula is C13H14N4. The van der Waals surface area contributed by atoms with E-state index in [4.69, 9.17) is 5.73 Å². The maximum Gasteiger partial charge on any atom is 0.199 e. The first-order valence-corrected chi connectivity index (χ1v) is 5.33. The molecule has 4 heteroatoms. The van der Waals surface area contributed by atoms with E-state index in [1.165, 1.54) is 0 Å². The first-order chi connectivity index (χ1) is 8.25. The molecule has 0 spiro atoms. The molecule has 1 aromatic carbocycles. The zero-order valence-electron chi connectivity index (χ0n) is 9.59. The van der Waals surface area contributed by atoms with Crippen LogP contribution in [0.25, 0.3) is 0 Å². The summed E-state index contributed by atoms with van der Waals surface area (Å²) in [6, 6.07) is 13.5. The van der Waals surface area contributed by atoms with Crippen molar-refractivity contribution in [3.05, 3.63) is 54.2 Å². The average Bonchev–Trinajstić information content (AvgIpc) is 2.33. The van der Waals surface area contributed by atoms with E-state index in [0.717, 1.165) is 11.3 Å². The molecule has 0 unspecified atom stereocenters. The number of nitrogens with two attached hydrogens (primary N) is 1. The van der Waals surface area contributed by atoms with Gasteiger partial charge in [0.2, 0.25) is 0 Å². The zero-order valence-corrected chi connectivity index (χ0v) is 9.59. The van der Waals surface area contributed by atoms with Gasteiger partial charge in [-0.2, -0.15) is 4.99 Å². The second kappa shape index (κ2) is 5.12. The van der Waals surface area contributed by atoms with Crippen molar-refractivity contribution in [2.75, 3.05) is 5.32 Å². The standard InChI is InChI=1S/C13H14N4/c1-10-6-5-9-15-12(10)17-13(14)16-11-7-3-2-4-8-11/h2-9H,1H3,(H3,14,15,16,17). The van der Waals surface area contributed by atoms with E-state index in [0.29, 0.717) is 11.8 Å². The summed E-state index contributed by atoms with van der Waals surface area (Å²) < 4.78 is 0. The smallest absolute Gasteiger partial charge is 0.199 e. The van der Waals surface area contributed by atoms with Gasteiger partial charge in [-0.25, -0.2) is 4.98 Å². The molecule has 86 valence electrons. The van der Waals surface area contributed by atoms with Crippen LogP contribution < -0.4 is 11.1 Å². The maximum atomic E-state index is 5.81. The number of hydrogen-bond acceptors (Lipinski definition) is 2. The highest BCUT2D eigenvalue weighted by molar-refractivity contribution is 5.93. The van der Waals surface area contributed by atoms with Crippen molar-refractivity contribution >= 4 is 17.5 Å². The number of benzene rings is 1. The predicted molar refractivity (Wildman–Crippen MR) is 70.3 cm³/mol. The molecule has 17 heavy (non-hydrogen) atoms. The van der Waals surface area contributed by atoms with E-state index in [2.05, 4.69) is 15.3 Å². The van der Waals surface area contributed by atoms with Gasteiger partial charge in [0.05, 0.1) is 0 Å². The monoisotopic (exact) mass is 226 g/mol. The normalized spacial score (nSPS) is 11.2. The molecule has 2 aromatic rings. The molecule has 0 saturated carbocycles. The van der Waals surface area contributed by atoms with E-state index in [-0.39, 0.29) is 0 Å². The molecule has 3 N–H and O–H groups in total. The molecule has 0 aliphatic heterocycles. The molecule has 0 aliphatic rings. The SMILES string of the molecule is Cc1cccnc1N=C(N)Nc1ccccc1. The summed E-state index contributed by atoms with van der Waals surface area (Å²) in [5, 5.41) is 3.01. The van der Waals surface area contributed by atoms with Crippen LogP contribution in [0.1, 0.15) is 5.56 Å². The van der Waals surface area contributed by atoms with E-state index in [1.807, 2.05) is 49.4 Å². The number of nitrogens with one attached hydrogen (secondary N) is 1. The first kappa shape index (κ1) is 11.1. The molecule has 1 heterocycles. The van der Waals surface area contributed by atoms with Crippen molar-refractivity contribution in [3.63, 3.8) is 0 Å². The highest BCUT2D eigenvalue weighted by Crippen LogP contribution is 2.13. The Bertz CT molecular complexity index is 520. The van der Waals surface area contributed by atoms with Crippen molar-refractivity contribution < 1.29 is 0 Å². The van der Waals surface area contributed by atoms with Gasteiger partial charge in [0.25, 0.3) is 0 Å². The average molecular weight is 226 g/mol. The Hall–Kier alpha value is -2.36. The molecule has 0 fully saturated rings. The molecule has 0 bridgehead atoms. The summed E-state index contributed by atoms with van der Waals surface area (Å²) in [6.07, 6.45) is 1.70. The predicted octanol–water partition coefficient (Wildman–Crippen LogP) is 2.45. The Balaban J connectivity index is 2.16. The Morgan fingerprint density at radius 1 is 1.18 bits per heavy atom. The summed E-state index contributed by atoms with van der Waals surface area (Å²) >= 11 is 0. The second-order valence-electron chi connectivity index (χ2n) is 3.63. The Morgan fingerprint density at radius 2 is 1.94 bits per heavy atom. The lowest BCUT2D eigenvalue weighted by molar-refractivity contribution is 1.22. The van der Waals surface area contributed by atoms with Crippen LogP contribution in [0.5, 0.6) is 0 Å². The van der Waals surface area contributed by atoms with E-state index in [9.17, 15) is 0 Å². The Morgan fingerprint density at radius 3 is 2.65 bits per heavy atom. The van der Waals surface area contributed by atoms with Gasteiger partial charge in [-0.1, -0.05) is 24.3 Å². The van der Waals surface area contributed by atoms with Crippen LogP contribution in [0.15, 0.2) is 53.7 Å². The Kier molecular flexibility index (Phi) is 3.35. The fourth-order valence-corrected chi connectivity index (χ4v) is 1.41. The fraction of sp³-hybridized carbons (Fsp3) is 0.0769. The summed E-state index contributed by atoms with van der Waals surface area (Å²) in [4.78, 5) is 8.38. The molecular weight excluding hydrogens is 212 g/mol. The maximum absolute atomic E-state index is 5.81. The minimum atomic E-state index is 0.331. The number of nitrogens with zero attached hydrogens (tertiary/aromatic N) is 2. The van der Waals surface area contributed by atoms with Crippen LogP contribution in [0, 0.1) is 6.92 Å². The number of aromatic nitrogens is 1. The van der Waals surface area contributed by atoms with Crippen LogP contribution in [-0.4, -0.2) is 10.9 Å². The molecule has 2 rings (SSSR count). The largest absolute Gasteiger partial charge is 0.369 e. The highest BCUT2D eigenvalue weighted by Gasteiger charge is 1.98. The summed E-state index contributed by atoms with van der Waals surface area (Å²) in [7, 11) is 0. The molecule has 1 aromatic heterocycles. The van der Waals surface area contributed by atoms with Crippen LogP contribution in [0.2, 0.25) is 0 Å². The number of aryl methyl sites for hydroxylation is 1. The van der Waals surface area contributed by atoms with Crippen LogP contribution in [-0.2, 0) is 0 Å². The van der Waals surface area contributed by atoms with Crippen LogP contribution >= 0.6 is 0 Å². The van der Waals surface area contributed by atoms with Gasteiger partial charge >= 0.3 is 0 Å². The van der Waals surface area contributed by atoms with Gasteiger partial charge in [0, 0.05) is 11.9 Å². The summed E-state index contributed by atoms with van der Waals surface area (Å²) in [5.41, 5.74) is 7.70. The third-order valence-corrected chi connectivity index (χ3v) is 2.25. The number of anilines is 1. The van der Waals surface area contributed by atoms with E-state index in [1.54, 1.807) is 6.20 Å². The minimum Gasteiger partial charge on any atom is -0.369 e. The fourth-order valence-electron chi connectivity index (χ4n) is 1.41. The molecule has 0 amide bonds. The third-order valence-electron chi connectivity index (χ3n) is 2.25. The molecule has 0 atom stereocenters.